The molecule has 0 heterocycles. The number of ether oxygens (including phenoxy) is 3. The number of rotatable bonds is 18. The number of allylic oxidation sites excluding steroid dienone is 5. The third-order valence-corrected chi connectivity index (χ3v) is 7.09. The minimum absolute atomic E-state index is 0.0836. The highest BCUT2D eigenvalue weighted by Crippen LogP contribution is 2.35. The van der Waals surface area contributed by atoms with Gasteiger partial charge in [0.25, 0.3) is 0 Å². The van der Waals surface area contributed by atoms with E-state index in [1.165, 1.54) is 23.3 Å². The van der Waals surface area contributed by atoms with Gasteiger partial charge in [-0.05, 0) is 114 Å². The lowest BCUT2D eigenvalue weighted by Gasteiger charge is -2.16. The van der Waals surface area contributed by atoms with E-state index in [-0.39, 0.29) is 30.3 Å². The third-order valence-electron chi connectivity index (χ3n) is 7.09. The highest BCUT2D eigenvalue weighted by Gasteiger charge is 2.25. The zero-order chi connectivity index (χ0) is 32.6. The second kappa shape index (κ2) is 18.1. The molecule has 7 nitrogen and oxygen atoms in total. The molecule has 0 aromatic heterocycles. The lowest BCUT2D eigenvalue weighted by Crippen LogP contribution is -2.13. The van der Waals surface area contributed by atoms with Crippen LogP contribution in [0.2, 0.25) is 0 Å². The van der Waals surface area contributed by atoms with Gasteiger partial charge in [-0.2, -0.15) is 0 Å². The largest absolute Gasteiger partial charge is 0.490 e. The van der Waals surface area contributed by atoms with Crippen molar-refractivity contribution < 1.29 is 34.0 Å². The van der Waals surface area contributed by atoms with E-state index in [1.54, 1.807) is 0 Å². The molecule has 3 aromatic carbocycles. The summed E-state index contributed by atoms with van der Waals surface area (Å²) in [5.41, 5.74) is 4.06. The summed E-state index contributed by atoms with van der Waals surface area (Å²) in [5, 5.41) is 19.5. The summed E-state index contributed by atoms with van der Waals surface area (Å²) in [6, 6.07) is 20.1. The Morgan fingerprint density at radius 3 is 2.11 bits per heavy atom. The van der Waals surface area contributed by atoms with Crippen molar-refractivity contribution in [3.63, 3.8) is 0 Å². The number of carbonyl (C=O) groups is 2. The van der Waals surface area contributed by atoms with Gasteiger partial charge < -0.3 is 24.4 Å². The zero-order valence-corrected chi connectivity index (χ0v) is 26.7. The molecule has 45 heavy (non-hydrogen) atoms. The summed E-state index contributed by atoms with van der Waals surface area (Å²) < 4.78 is 17.8. The van der Waals surface area contributed by atoms with Crippen molar-refractivity contribution in [3.05, 3.63) is 118 Å². The second-order valence-corrected chi connectivity index (χ2v) is 11.2. The lowest BCUT2D eigenvalue weighted by molar-refractivity contribution is 0.0647. The smallest absolute Gasteiger partial charge is 0.340 e. The minimum Gasteiger partial charge on any atom is -0.490 e. The van der Waals surface area contributed by atoms with Crippen LogP contribution in [-0.2, 0) is 6.42 Å². The van der Waals surface area contributed by atoms with E-state index < -0.39 is 17.5 Å². The van der Waals surface area contributed by atoms with Crippen LogP contribution in [0.15, 0.2) is 102 Å². The Bertz CT molecular complexity index is 1510. The predicted octanol–water partition coefficient (Wildman–Crippen LogP) is 9.68. The summed E-state index contributed by atoms with van der Waals surface area (Å²) in [7, 11) is 0. The number of carboxylic acid groups (broad SMARTS) is 2. The van der Waals surface area contributed by atoms with Crippen molar-refractivity contribution in [3.8, 4) is 23.0 Å². The standard InChI is InChI=1S/C38H44O7/c1-27(2)12-8-13-28(3)14-9-15-29(4)23-25-44-36-34(22-21-33(37(39)40)35(36)38(41)42)43-24-11-17-30-16-10-20-32(26-30)45-31-18-6-5-7-19-31/h5-7,10,12,14,16,18-23,26H,8-9,11,13,15,17,24-25H2,1-4H3,(H,39,40)(H,41,42). The maximum absolute atomic E-state index is 12.2. The van der Waals surface area contributed by atoms with Crippen molar-refractivity contribution >= 4 is 11.9 Å². The predicted molar refractivity (Wildman–Crippen MR) is 178 cm³/mol. The first kappa shape index (κ1) is 34.7. The average Bonchev–Trinajstić information content (AvgIpc) is 3.00. The SMILES string of the molecule is CC(C)=CCCC(C)=CCCC(C)=CCOc1c(OCCCc2cccc(Oc3ccccc3)c2)ccc(C(=O)O)c1C(=O)O. The van der Waals surface area contributed by atoms with Crippen LogP contribution in [0.1, 0.15) is 86.1 Å². The van der Waals surface area contributed by atoms with Gasteiger partial charge in [0.1, 0.15) is 23.7 Å². The third kappa shape index (κ3) is 12.0. The topological polar surface area (TPSA) is 102 Å². The first-order chi connectivity index (χ1) is 21.6. The van der Waals surface area contributed by atoms with Gasteiger partial charge in [0.2, 0.25) is 0 Å². The molecule has 0 aliphatic carbocycles. The number of hydrogen-bond donors (Lipinski definition) is 2. The number of aromatic carboxylic acids is 2. The van der Waals surface area contributed by atoms with E-state index in [4.69, 9.17) is 14.2 Å². The molecular weight excluding hydrogens is 568 g/mol. The molecular formula is C38H44O7. The fourth-order valence-corrected chi connectivity index (χ4v) is 4.66. The maximum Gasteiger partial charge on any atom is 0.340 e. The van der Waals surface area contributed by atoms with Gasteiger partial charge in [-0.25, -0.2) is 9.59 Å². The van der Waals surface area contributed by atoms with Crippen LogP contribution in [0.25, 0.3) is 0 Å². The molecule has 0 saturated carbocycles. The summed E-state index contributed by atoms with van der Waals surface area (Å²) in [6.45, 7) is 8.71. The molecule has 0 aliphatic rings. The molecule has 2 N–H and O–H groups in total. The van der Waals surface area contributed by atoms with Gasteiger partial charge in [-0.15, -0.1) is 0 Å². The summed E-state index contributed by atoms with van der Waals surface area (Å²) in [6.07, 6.45) is 11.5. The number of hydrogen-bond acceptors (Lipinski definition) is 5. The Balaban J connectivity index is 1.62. The minimum atomic E-state index is -1.39. The maximum atomic E-state index is 12.2. The van der Waals surface area contributed by atoms with Crippen molar-refractivity contribution in [2.24, 2.45) is 0 Å². The first-order valence-electron chi connectivity index (χ1n) is 15.3. The van der Waals surface area contributed by atoms with E-state index in [1.807, 2.05) is 67.6 Å². The van der Waals surface area contributed by atoms with E-state index in [2.05, 4.69) is 32.9 Å². The molecule has 0 radical (unpaired) electrons. The zero-order valence-electron chi connectivity index (χ0n) is 26.7. The van der Waals surface area contributed by atoms with E-state index >= 15 is 0 Å². The van der Waals surface area contributed by atoms with Crippen LogP contribution in [-0.4, -0.2) is 35.4 Å². The summed E-state index contributed by atoms with van der Waals surface area (Å²) in [4.78, 5) is 24.0. The fourth-order valence-electron chi connectivity index (χ4n) is 4.66. The van der Waals surface area contributed by atoms with Crippen LogP contribution in [0.5, 0.6) is 23.0 Å². The molecule has 0 spiro atoms. The Labute approximate surface area is 266 Å². The molecule has 0 aliphatic heterocycles. The van der Waals surface area contributed by atoms with Crippen LogP contribution in [0.4, 0.5) is 0 Å². The molecule has 7 heteroatoms. The van der Waals surface area contributed by atoms with Crippen LogP contribution in [0, 0.1) is 0 Å². The number of aryl methyl sites for hydroxylation is 1. The summed E-state index contributed by atoms with van der Waals surface area (Å²) >= 11 is 0. The molecule has 3 aromatic rings. The highest BCUT2D eigenvalue weighted by atomic mass is 16.5. The average molecular weight is 613 g/mol. The molecule has 0 saturated heterocycles. The monoisotopic (exact) mass is 612 g/mol. The quantitative estimate of drug-likeness (QED) is 0.109. The van der Waals surface area contributed by atoms with E-state index in [9.17, 15) is 19.8 Å². The highest BCUT2D eigenvalue weighted by molar-refractivity contribution is 6.04. The second-order valence-electron chi connectivity index (χ2n) is 11.2. The first-order valence-corrected chi connectivity index (χ1v) is 15.3. The van der Waals surface area contributed by atoms with Gasteiger partial charge in [0, 0.05) is 0 Å². The molecule has 0 fully saturated rings. The molecule has 0 bridgehead atoms. The van der Waals surface area contributed by atoms with Crippen LogP contribution >= 0.6 is 0 Å². The molecule has 238 valence electrons. The van der Waals surface area contributed by atoms with Gasteiger partial charge in [0.15, 0.2) is 11.5 Å². The lowest BCUT2D eigenvalue weighted by atomic mass is 10.1. The van der Waals surface area contributed by atoms with Crippen molar-refractivity contribution in [2.45, 2.75) is 66.2 Å². The molecule has 0 unspecified atom stereocenters. The van der Waals surface area contributed by atoms with Crippen molar-refractivity contribution in [1.82, 2.24) is 0 Å². The normalized spacial score (nSPS) is 11.6. The fraction of sp³-hybridized carbons (Fsp3) is 0.316. The van der Waals surface area contributed by atoms with Gasteiger partial charge in [-0.3, -0.25) is 0 Å². The number of para-hydroxylation sites is 1. The van der Waals surface area contributed by atoms with Crippen LogP contribution in [0.3, 0.4) is 0 Å². The van der Waals surface area contributed by atoms with Crippen molar-refractivity contribution in [2.75, 3.05) is 13.2 Å². The van der Waals surface area contributed by atoms with Gasteiger partial charge in [0.05, 0.1) is 12.2 Å². The molecule has 3 rings (SSSR count). The number of carboxylic acids is 2. The Morgan fingerprint density at radius 2 is 1.42 bits per heavy atom. The molecule has 0 atom stereocenters. The van der Waals surface area contributed by atoms with Crippen molar-refractivity contribution in [1.29, 1.82) is 0 Å². The number of benzene rings is 3. The Hall–Kier alpha value is -4.78. The van der Waals surface area contributed by atoms with E-state index in [0.29, 0.717) is 12.8 Å². The Morgan fingerprint density at radius 1 is 0.733 bits per heavy atom. The van der Waals surface area contributed by atoms with Gasteiger partial charge >= 0.3 is 11.9 Å². The van der Waals surface area contributed by atoms with E-state index in [0.717, 1.165) is 48.3 Å². The van der Waals surface area contributed by atoms with Crippen LogP contribution < -0.4 is 14.2 Å². The Kier molecular flexibility index (Phi) is 14.0. The summed E-state index contributed by atoms with van der Waals surface area (Å²) in [5.74, 6) is -1.14. The molecule has 0 amide bonds. The van der Waals surface area contributed by atoms with Gasteiger partial charge in [-0.1, -0.05) is 59.2 Å².